The van der Waals surface area contributed by atoms with E-state index in [1.807, 2.05) is 20.8 Å². The molecule has 4 N–H and O–H groups in total. The highest BCUT2D eigenvalue weighted by Crippen LogP contribution is 2.09. The summed E-state index contributed by atoms with van der Waals surface area (Å²) in [6.07, 6.45) is 0. The predicted octanol–water partition coefficient (Wildman–Crippen LogP) is -0.223. The van der Waals surface area contributed by atoms with Gasteiger partial charge in [-0.05, 0) is 5.41 Å². The van der Waals surface area contributed by atoms with Crippen molar-refractivity contribution >= 4 is 12.0 Å². The number of amides is 2. The molecule has 0 spiro atoms. The van der Waals surface area contributed by atoms with Crippen LogP contribution in [0.5, 0.6) is 0 Å². The molecule has 0 aromatic heterocycles. The highest BCUT2D eigenvalue weighted by Gasteiger charge is 2.19. The maximum atomic E-state index is 11.2. The van der Waals surface area contributed by atoms with Gasteiger partial charge in [-0.1, -0.05) is 20.8 Å². The van der Waals surface area contributed by atoms with Gasteiger partial charge in [-0.2, -0.15) is 0 Å². The molecule has 1 atom stereocenters. The lowest BCUT2D eigenvalue weighted by molar-refractivity contribution is -0.140. The van der Waals surface area contributed by atoms with E-state index in [2.05, 4.69) is 10.6 Å². The molecule has 0 heterocycles. The first-order chi connectivity index (χ1) is 6.76. The van der Waals surface area contributed by atoms with Crippen LogP contribution in [0, 0.1) is 5.41 Å². The SMILES string of the molecule is CC(C)(C)CNC(=O)N[C@H](CO)C(=O)O. The summed E-state index contributed by atoms with van der Waals surface area (Å²) in [5.74, 6) is -1.26. The standard InChI is InChI=1S/C9H18N2O4/c1-9(2,3)5-10-8(15)11-6(4-12)7(13)14/h6,12H,4-5H2,1-3H3,(H,13,14)(H2,10,11,15)/t6-/m1/s1. The smallest absolute Gasteiger partial charge is 0.328 e. The van der Waals surface area contributed by atoms with E-state index in [1.165, 1.54) is 0 Å². The minimum absolute atomic E-state index is 0.0741. The molecule has 0 aromatic rings. The van der Waals surface area contributed by atoms with Crippen LogP contribution >= 0.6 is 0 Å². The molecule has 0 saturated heterocycles. The minimum Gasteiger partial charge on any atom is -0.480 e. The molecule has 15 heavy (non-hydrogen) atoms. The van der Waals surface area contributed by atoms with Gasteiger partial charge in [-0.25, -0.2) is 9.59 Å². The molecular formula is C9H18N2O4. The molecule has 0 aromatic carbocycles. The topological polar surface area (TPSA) is 98.7 Å². The Kier molecular flexibility index (Phi) is 5.07. The van der Waals surface area contributed by atoms with Crippen molar-refractivity contribution in [2.75, 3.05) is 13.2 Å². The third-order valence-electron chi connectivity index (χ3n) is 1.57. The second-order valence-electron chi connectivity index (χ2n) is 4.46. The average molecular weight is 218 g/mol. The van der Waals surface area contributed by atoms with E-state index in [4.69, 9.17) is 10.2 Å². The average Bonchev–Trinajstić information content (AvgIpc) is 2.09. The van der Waals surface area contributed by atoms with Crippen molar-refractivity contribution in [3.05, 3.63) is 0 Å². The fraction of sp³-hybridized carbons (Fsp3) is 0.778. The number of carbonyl (C=O) groups is 2. The lowest BCUT2D eigenvalue weighted by atomic mass is 9.97. The van der Waals surface area contributed by atoms with Gasteiger partial charge in [0.05, 0.1) is 6.61 Å². The Bertz CT molecular complexity index is 235. The molecule has 0 aliphatic rings. The van der Waals surface area contributed by atoms with E-state index in [-0.39, 0.29) is 5.41 Å². The molecule has 0 aliphatic carbocycles. The minimum atomic E-state index is -1.26. The van der Waals surface area contributed by atoms with E-state index >= 15 is 0 Å². The van der Waals surface area contributed by atoms with Gasteiger partial charge in [0.2, 0.25) is 0 Å². The number of carboxylic acid groups (broad SMARTS) is 1. The molecule has 0 radical (unpaired) electrons. The van der Waals surface area contributed by atoms with Crippen LogP contribution in [0.2, 0.25) is 0 Å². The Morgan fingerprint density at radius 1 is 1.33 bits per heavy atom. The normalized spacial score (nSPS) is 13.1. The second kappa shape index (κ2) is 5.55. The van der Waals surface area contributed by atoms with Crippen molar-refractivity contribution in [2.24, 2.45) is 5.41 Å². The Morgan fingerprint density at radius 3 is 2.20 bits per heavy atom. The number of carbonyl (C=O) groups excluding carboxylic acids is 1. The largest absolute Gasteiger partial charge is 0.480 e. The van der Waals surface area contributed by atoms with Gasteiger partial charge in [0, 0.05) is 6.54 Å². The van der Waals surface area contributed by atoms with Crippen LogP contribution in [0.3, 0.4) is 0 Å². The van der Waals surface area contributed by atoms with Gasteiger partial charge in [0.1, 0.15) is 0 Å². The van der Waals surface area contributed by atoms with Crippen LogP contribution in [-0.4, -0.2) is 41.4 Å². The van der Waals surface area contributed by atoms with E-state index in [0.717, 1.165) is 0 Å². The summed E-state index contributed by atoms with van der Waals surface area (Å²) in [4.78, 5) is 21.6. The first kappa shape index (κ1) is 13.7. The number of aliphatic hydroxyl groups excluding tert-OH is 1. The number of carboxylic acids is 1. The number of hydrogen-bond acceptors (Lipinski definition) is 3. The van der Waals surface area contributed by atoms with Crippen LogP contribution < -0.4 is 10.6 Å². The zero-order valence-electron chi connectivity index (χ0n) is 9.20. The molecular weight excluding hydrogens is 200 g/mol. The van der Waals surface area contributed by atoms with Gasteiger partial charge in [0.15, 0.2) is 6.04 Å². The number of rotatable bonds is 4. The number of nitrogens with one attached hydrogen (secondary N) is 2. The lowest BCUT2D eigenvalue weighted by Crippen LogP contribution is -2.49. The highest BCUT2D eigenvalue weighted by molar-refractivity contribution is 5.82. The van der Waals surface area contributed by atoms with Crippen molar-refractivity contribution < 1.29 is 19.8 Å². The highest BCUT2D eigenvalue weighted by atomic mass is 16.4. The molecule has 88 valence electrons. The fourth-order valence-electron chi connectivity index (χ4n) is 0.740. The van der Waals surface area contributed by atoms with Crippen molar-refractivity contribution in [2.45, 2.75) is 26.8 Å². The molecule has 0 aliphatic heterocycles. The Morgan fingerprint density at radius 2 is 1.87 bits per heavy atom. The van der Waals surface area contributed by atoms with Crippen LogP contribution in [0.1, 0.15) is 20.8 Å². The van der Waals surface area contributed by atoms with Crippen molar-refractivity contribution in [3.8, 4) is 0 Å². The number of aliphatic carboxylic acids is 1. The summed E-state index contributed by atoms with van der Waals surface area (Å²) in [5.41, 5.74) is -0.0741. The molecule has 0 saturated carbocycles. The van der Waals surface area contributed by atoms with Crippen molar-refractivity contribution in [1.29, 1.82) is 0 Å². The summed E-state index contributed by atoms with van der Waals surface area (Å²) in [6.45, 7) is 5.62. The molecule has 2 amide bonds. The first-order valence-corrected chi connectivity index (χ1v) is 4.64. The van der Waals surface area contributed by atoms with Crippen LogP contribution in [0.25, 0.3) is 0 Å². The number of aliphatic hydroxyl groups is 1. The van der Waals surface area contributed by atoms with Gasteiger partial charge < -0.3 is 20.8 Å². The number of hydrogen-bond donors (Lipinski definition) is 4. The maximum absolute atomic E-state index is 11.2. The third kappa shape index (κ3) is 6.73. The van der Waals surface area contributed by atoms with Crippen molar-refractivity contribution in [1.82, 2.24) is 10.6 Å². The van der Waals surface area contributed by atoms with E-state index < -0.39 is 24.6 Å². The monoisotopic (exact) mass is 218 g/mol. The molecule has 6 nitrogen and oxygen atoms in total. The van der Waals surface area contributed by atoms with E-state index in [1.54, 1.807) is 0 Å². The molecule has 0 unspecified atom stereocenters. The molecule has 6 heteroatoms. The van der Waals surface area contributed by atoms with Crippen LogP contribution in [0.15, 0.2) is 0 Å². The zero-order chi connectivity index (χ0) is 12.1. The summed E-state index contributed by atoms with van der Waals surface area (Å²) in [6, 6.07) is -1.85. The second-order valence-corrected chi connectivity index (χ2v) is 4.46. The fourth-order valence-corrected chi connectivity index (χ4v) is 0.740. The Balaban J connectivity index is 3.98. The summed E-state index contributed by atoms with van der Waals surface area (Å²) in [5, 5.41) is 21.9. The molecule has 0 bridgehead atoms. The van der Waals surface area contributed by atoms with E-state index in [0.29, 0.717) is 6.54 Å². The Hall–Kier alpha value is -1.30. The van der Waals surface area contributed by atoms with E-state index in [9.17, 15) is 9.59 Å². The third-order valence-corrected chi connectivity index (χ3v) is 1.57. The summed E-state index contributed by atoms with van der Waals surface area (Å²) in [7, 11) is 0. The lowest BCUT2D eigenvalue weighted by Gasteiger charge is -2.20. The molecule has 0 fully saturated rings. The number of urea groups is 1. The van der Waals surface area contributed by atoms with Crippen LogP contribution in [-0.2, 0) is 4.79 Å². The molecule has 0 rings (SSSR count). The van der Waals surface area contributed by atoms with Gasteiger partial charge >= 0.3 is 12.0 Å². The maximum Gasteiger partial charge on any atom is 0.328 e. The van der Waals surface area contributed by atoms with Gasteiger partial charge in [-0.15, -0.1) is 0 Å². The van der Waals surface area contributed by atoms with Gasteiger partial charge in [0.25, 0.3) is 0 Å². The quantitative estimate of drug-likeness (QED) is 0.524. The van der Waals surface area contributed by atoms with Crippen molar-refractivity contribution in [3.63, 3.8) is 0 Å². The summed E-state index contributed by atoms with van der Waals surface area (Å²) >= 11 is 0. The Labute approximate surface area is 88.7 Å². The van der Waals surface area contributed by atoms with Gasteiger partial charge in [-0.3, -0.25) is 0 Å². The van der Waals surface area contributed by atoms with Crippen LogP contribution in [0.4, 0.5) is 4.79 Å². The summed E-state index contributed by atoms with van der Waals surface area (Å²) < 4.78 is 0. The predicted molar refractivity (Wildman–Crippen MR) is 54.5 cm³/mol. The first-order valence-electron chi connectivity index (χ1n) is 4.64. The zero-order valence-corrected chi connectivity index (χ0v) is 9.20.